The summed E-state index contributed by atoms with van der Waals surface area (Å²) in [5, 5.41) is 10.0. The summed E-state index contributed by atoms with van der Waals surface area (Å²) in [5.74, 6) is -0.302. The molecule has 2 amide bonds. The molecule has 1 aromatic rings. The average Bonchev–Trinajstić information content (AvgIpc) is 3.08. The molecule has 1 saturated carbocycles. The first-order valence-corrected chi connectivity index (χ1v) is 7.91. The van der Waals surface area contributed by atoms with E-state index in [1.165, 1.54) is 29.2 Å². The number of hydrogen-bond acceptors (Lipinski definition) is 4. The Kier molecular flexibility index (Phi) is 4.35. The first-order valence-electron chi connectivity index (χ1n) is 7.91. The predicted molar refractivity (Wildman–Crippen MR) is 80.1 cm³/mol. The minimum Gasteiger partial charge on any atom is -0.491 e. The van der Waals surface area contributed by atoms with Crippen LogP contribution in [0.3, 0.4) is 0 Å². The second-order valence-corrected chi connectivity index (χ2v) is 6.39. The lowest BCUT2D eigenvalue weighted by atomic mass is 9.84. The molecule has 1 aliphatic heterocycles. The van der Waals surface area contributed by atoms with E-state index in [0.29, 0.717) is 5.75 Å². The second-order valence-electron chi connectivity index (χ2n) is 6.39. The van der Waals surface area contributed by atoms with Crippen LogP contribution in [-0.4, -0.2) is 41.1 Å². The molecule has 23 heavy (non-hydrogen) atoms. The molecular formula is C17H20FNO4. The van der Waals surface area contributed by atoms with E-state index in [2.05, 4.69) is 0 Å². The maximum absolute atomic E-state index is 12.8. The van der Waals surface area contributed by atoms with Gasteiger partial charge in [-0.2, -0.15) is 0 Å². The number of likely N-dealkylation sites (tertiary alicyclic amines) is 1. The van der Waals surface area contributed by atoms with Crippen LogP contribution in [0.2, 0.25) is 0 Å². The maximum atomic E-state index is 12.8. The number of ether oxygens (including phenoxy) is 1. The number of aliphatic hydroxyl groups is 1. The normalized spacial score (nSPS) is 21.2. The van der Waals surface area contributed by atoms with Crippen molar-refractivity contribution in [3.8, 4) is 5.75 Å². The number of hydrogen-bond donors (Lipinski definition) is 1. The average molecular weight is 321 g/mol. The molecule has 3 rings (SSSR count). The molecule has 0 bridgehead atoms. The molecule has 5 nitrogen and oxygen atoms in total. The highest BCUT2D eigenvalue weighted by atomic mass is 19.1. The Morgan fingerprint density at radius 3 is 2.52 bits per heavy atom. The molecule has 1 aromatic carbocycles. The van der Waals surface area contributed by atoms with Crippen LogP contribution in [0.15, 0.2) is 24.3 Å². The first-order chi connectivity index (χ1) is 11.0. The van der Waals surface area contributed by atoms with Crippen LogP contribution in [0.25, 0.3) is 0 Å². The van der Waals surface area contributed by atoms with Gasteiger partial charge in [-0.05, 0) is 37.1 Å². The number of benzene rings is 1. The lowest BCUT2D eigenvalue weighted by molar-refractivity contribution is -0.143. The summed E-state index contributed by atoms with van der Waals surface area (Å²) in [6.45, 7) is -0.115. The fraction of sp³-hybridized carbons (Fsp3) is 0.529. The van der Waals surface area contributed by atoms with Crippen molar-refractivity contribution in [2.75, 3.05) is 13.2 Å². The van der Waals surface area contributed by atoms with Gasteiger partial charge in [-0.3, -0.25) is 14.5 Å². The number of nitrogens with zero attached hydrogens (tertiary/aromatic N) is 1. The van der Waals surface area contributed by atoms with E-state index in [1.807, 2.05) is 0 Å². The fourth-order valence-electron chi connectivity index (χ4n) is 3.47. The topological polar surface area (TPSA) is 66.8 Å². The lowest BCUT2D eigenvalue weighted by Gasteiger charge is -2.22. The zero-order valence-corrected chi connectivity index (χ0v) is 12.8. The number of rotatable bonds is 5. The van der Waals surface area contributed by atoms with Crippen LogP contribution >= 0.6 is 0 Å². The summed E-state index contributed by atoms with van der Waals surface area (Å²) in [7, 11) is 0. The molecule has 0 unspecified atom stereocenters. The molecule has 2 aliphatic rings. The van der Waals surface area contributed by atoms with E-state index in [0.717, 1.165) is 25.7 Å². The predicted octanol–water partition coefficient (Wildman–Crippen LogP) is 1.88. The molecule has 124 valence electrons. The Bertz CT molecular complexity index is 595. The largest absolute Gasteiger partial charge is 0.491 e. The summed E-state index contributed by atoms with van der Waals surface area (Å²) in [5.41, 5.74) is -0.519. The number of amides is 2. The number of aliphatic hydroxyl groups excluding tert-OH is 1. The van der Waals surface area contributed by atoms with Gasteiger partial charge < -0.3 is 9.84 Å². The molecule has 1 heterocycles. The Hall–Kier alpha value is -1.95. The van der Waals surface area contributed by atoms with Crippen LogP contribution in [0.1, 0.15) is 32.1 Å². The van der Waals surface area contributed by atoms with Gasteiger partial charge in [-0.1, -0.05) is 12.8 Å². The van der Waals surface area contributed by atoms with Crippen molar-refractivity contribution in [1.82, 2.24) is 4.90 Å². The number of carbonyl (C=O) groups is 2. The Morgan fingerprint density at radius 2 is 1.87 bits per heavy atom. The number of halogens is 1. The van der Waals surface area contributed by atoms with Crippen molar-refractivity contribution in [3.63, 3.8) is 0 Å². The van der Waals surface area contributed by atoms with E-state index in [1.54, 1.807) is 0 Å². The van der Waals surface area contributed by atoms with Crippen LogP contribution in [0.5, 0.6) is 5.75 Å². The third kappa shape index (κ3) is 3.22. The van der Waals surface area contributed by atoms with Crippen molar-refractivity contribution in [3.05, 3.63) is 30.1 Å². The maximum Gasteiger partial charge on any atom is 0.235 e. The van der Waals surface area contributed by atoms with Crippen molar-refractivity contribution in [1.29, 1.82) is 0 Å². The van der Waals surface area contributed by atoms with E-state index in [9.17, 15) is 19.1 Å². The highest BCUT2D eigenvalue weighted by Gasteiger charge is 2.52. The zero-order valence-electron chi connectivity index (χ0n) is 12.8. The minimum atomic E-state index is -0.968. The van der Waals surface area contributed by atoms with Gasteiger partial charge in [0.1, 0.15) is 24.3 Å². The molecule has 6 heteroatoms. The van der Waals surface area contributed by atoms with Crippen LogP contribution in [-0.2, 0) is 9.59 Å². The lowest BCUT2D eigenvalue weighted by Crippen LogP contribution is -2.41. The van der Waals surface area contributed by atoms with Gasteiger partial charge in [-0.25, -0.2) is 4.39 Å². The Balaban J connectivity index is 1.55. The third-order valence-electron chi connectivity index (χ3n) is 4.70. The highest BCUT2D eigenvalue weighted by molar-refractivity contribution is 6.06. The monoisotopic (exact) mass is 321 g/mol. The van der Waals surface area contributed by atoms with Crippen molar-refractivity contribution < 1.29 is 23.8 Å². The molecule has 1 spiro atoms. The molecule has 1 atom stereocenters. The molecule has 0 radical (unpaired) electrons. The molecule has 2 fully saturated rings. The summed E-state index contributed by atoms with van der Waals surface area (Å²) in [6.07, 6.45) is 2.76. The van der Waals surface area contributed by atoms with Gasteiger partial charge >= 0.3 is 0 Å². The highest BCUT2D eigenvalue weighted by Crippen LogP contribution is 2.46. The van der Waals surface area contributed by atoms with Crippen molar-refractivity contribution >= 4 is 11.8 Å². The Labute approximate surface area is 134 Å². The summed E-state index contributed by atoms with van der Waals surface area (Å²) < 4.78 is 18.2. The molecular weight excluding hydrogens is 301 g/mol. The van der Waals surface area contributed by atoms with Crippen LogP contribution in [0.4, 0.5) is 4.39 Å². The van der Waals surface area contributed by atoms with Gasteiger partial charge in [0.05, 0.1) is 12.0 Å². The van der Waals surface area contributed by atoms with E-state index < -0.39 is 11.5 Å². The minimum absolute atomic E-state index is 0.0549. The third-order valence-corrected chi connectivity index (χ3v) is 4.70. The van der Waals surface area contributed by atoms with Crippen LogP contribution in [0, 0.1) is 11.2 Å². The van der Waals surface area contributed by atoms with Gasteiger partial charge in [-0.15, -0.1) is 0 Å². The van der Waals surface area contributed by atoms with Crippen molar-refractivity contribution in [2.24, 2.45) is 5.41 Å². The molecule has 1 saturated heterocycles. The van der Waals surface area contributed by atoms with E-state index in [4.69, 9.17) is 4.74 Å². The SMILES string of the molecule is O=C1CC2(CCCC2)C(=O)N1C[C@H](O)COc1ccc(F)cc1. The number of β-amino-alcohol motifs (C(OH)–C–C–N with tert-alkyl or cyclic N) is 1. The smallest absolute Gasteiger partial charge is 0.235 e. The summed E-state index contributed by atoms with van der Waals surface area (Å²) in [4.78, 5) is 25.8. The van der Waals surface area contributed by atoms with Gasteiger partial charge in [0.25, 0.3) is 0 Å². The van der Waals surface area contributed by atoms with Gasteiger partial charge in [0.15, 0.2) is 0 Å². The molecule has 0 aromatic heterocycles. The van der Waals surface area contributed by atoms with E-state index in [-0.39, 0.29) is 37.2 Å². The number of imide groups is 1. The molecule has 1 N–H and O–H groups in total. The van der Waals surface area contributed by atoms with Crippen molar-refractivity contribution in [2.45, 2.75) is 38.2 Å². The standard InChI is InChI=1S/C17H20FNO4/c18-12-3-5-14(6-4-12)23-11-13(20)10-19-15(21)9-17(16(19)22)7-1-2-8-17/h3-6,13,20H,1-2,7-11H2/t13-/m0/s1. The summed E-state index contributed by atoms with van der Waals surface area (Å²) >= 11 is 0. The first kappa shape index (κ1) is 15.9. The Morgan fingerprint density at radius 1 is 1.22 bits per heavy atom. The summed E-state index contributed by atoms with van der Waals surface area (Å²) in [6, 6.07) is 5.45. The van der Waals surface area contributed by atoms with E-state index >= 15 is 0 Å². The van der Waals surface area contributed by atoms with Gasteiger partial charge in [0.2, 0.25) is 11.8 Å². The zero-order chi connectivity index (χ0) is 16.4. The quantitative estimate of drug-likeness (QED) is 0.841. The van der Waals surface area contributed by atoms with Gasteiger partial charge in [0, 0.05) is 6.42 Å². The number of carbonyl (C=O) groups excluding carboxylic acids is 2. The van der Waals surface area contributed by atoms with Crippen LogP contribution < -0.4 is 4.74 Å². The fourth-order valence-corrected chi connectivity index (χ4v) is 3.47. The molecule has 1 aliphatic carbocycles. The second kappa shape index (κ2) is 6.28.